The Morgan fingerprint density at radius 2 is 1.76 bits per heavy atom. The number of rotatable bonds is 5. The lowest BCUT2D eigenvalue weighted by molar-refractivity contribution is -0.137. The van der Waals surface area contributed by atoms with Gasteiger partial charge in [-0.1, -0.05) is 18.2 Å². The van der Waals surface area contributed by atoms with Gasteiger partial charge in [0.2, 0.25) is 5.91 Å². The Labute approximate surface area is 213 Å². The van der Waals surface area contributed by atoms with Crippen LogP contribution in [0.5, 0.6) is 11.5 Å². The molecular weight excluding hydrogens is 483 g/mol. The summed E-state index contributed by atoms with van der Waals surface area (Å²) in [4.78, 5) is 17.9. The molecule has 0 aromatic heterocycles. The van der Waals surface area contributed by atoms with Gasteiger partial charge in [-0.2, -0.15) is 13.2 Å². The molecule has 0 spiro atoms. The first-order valence-electron chi connectivity index (χ1n) is 12.1. The van der Waals surface area contributed by atoms with Crippen molar-refractivity contribution in [2.75, 3.05) is 49.0 Å². The van der Waals surface area contributed by atoms with Gasteiger partial charge in [-0.25, -0.2) is 0 Å². The number of para-hydroxylation sites is 2. The SMILES string of the molecule is COc1cccc(NC(=O)C2Cc3cc(C(F)(F)F)ccc3N3CCN(c4ccccc4OC)CC23)c1. The van der Waals surface area contributed by atoms with Gasteiger partial charge < -0.3 is 24.6 Å². The van der Waals surface area contributed by atoms with Crippen LogP contribution in [0.3, 0.4) is 0 Å². The number of carbonyl (C=O) groups is 1. The minimum Gasteiger partial charge on any atom is -0.497 e. The lowest BCUT2D eigenvalue weighted by Crippen LogP contribution is -2.60. The fraction of sp³-hybridized carbons (Fsp3) is 0.321. The molecule has 1 amide bonds. The molecule has 37 heavy (non-hydrogen) atoms. The molecule has 2 unspecified atom stereocenters. The van der Waals surface area contributed by atoms with Gasteiger partial charge in [0.05, 0.1) is 37.4 Å². The highest BCUT2D eigenvalue weighted by Crippen LogP contribution is 2.41. The molecule has 0 aliphatic carbocycles. The third-order valence-corrected chi connectivity index (χ3v) is 7.14. The third kappa shape index (κ3) is 4.90. The van der Waals surface area contributed by atoms with Crippen LogP contribution in [0.4, 0.5) is 30.2 Å². The molecule has 9 heteroatoms. The van der Waals surface area contributed by atoms with Crippen LogP contribution < -0.4 is 24.6 Å². The fourth-order valence-corrected chi connectivity index (χ4v) is 5.34. The predicted molar refractivity (Wildman–Crippen MR) is 137 cm³/mol. The highest BCUT2D eigenvalue weighted by Gasteiger charge is 2.43. The molecule has 1 fully saturated rings. The predicted octanol–water partition coefficient (Wildman–Crippen LogP) is 5.23. The van der Waals surface area contributed by atoms with Crippen molar-refractivity contribution < 1.29 is 27.4 Å². The first-order chi connectivity index (χ1) is 17.8. The third-order valence-electron chi connectivity index (χ3n) is 7.14. The lowest BCUT2D eigenvalue weighted by Gasteiger charge is -2.49. The highest BCUT2D eigenvalue weighted by atomic mass is 19.4. The molecule has 6 nitrogen and oxygen atoms in total. The zero-order chi connectivity index (χ0) is 26.2. The number of hydrogen-bond acceptors (Lipinski definition) is 5. The van der Waals surface area contributed by atoms with Gasteiger partial charge in [-0.05, 0) is 54.4 Å². The number of nitrogens with one attached hydrogen (secondary N) is 1. The molecule has 1 saturated heterocycles. The van der Waals surface area contributed by atoms with Crippen molar-refractivity contribution in [2.45, 2.75) is 18.6 Å². The van der Waals surface area contributed by atoms with E-state index in [1.54, 1.807) is 44.6 Å². The van der Waals surface area contributed by atoms with Crippen LogP contribution in [0.2, 0.25) is 0 Å². The summed E-state index contributed by atoms with van der Waals surface area (Å²) in [5.74, 6) is 0.524. The number of nitrogens with zero attached hydrogens (tertiary/aromatic N) is 2. The van der Waals surface area contributed by atoms with E-state index in [1.807, 2.05) is 24.3 Å². The normalized spacial score (nSPS) is 19.1. The highest BCUT2D eigenvalue weighted by molar-refractivity contribution is 5.94. The standard InChI is InChI=1S/C28H28F3N3O3/c1-36-21-7-5-6-20(16-21)32-27(35)22-15-18-14-19(28(29,30)31)10-11-23(18)34-13-12-33(17-25(22)34)24-8-3-4-9-26(24)37-2/h3-11,14,16,22,25H,12-13,15,17H2,1-2H3,(H,32,35). The molecule has 0 radical (unpaired) electrons. The monoisotopic (exact) mass is 511 g/mol. The molecule has 2 aliphatic rings. The summed E-state index contributed by atoms with van der Waals surface area (Å²) in [6.45, 7) is 1.72. The second kappa shape index (κ2) is 9.88. The smallest absolute Gasteiger partial charge is 0.416 e. The van der Waals surface area contributed by atoms with Crippen LogP contribution >= 0.6 is 0 Å². The minimum absolute atomic E-state index is 0.204. The van der Waals surface area contributed by atoms with E-state index in [0.717, 1.165) is 23.2 Å². The topological polar surface area (TPSA) is 54.0 Å². The van der Waals surface area contributed by atoms with Crippen molar-refractivity contribution >= 4 is 23.0 Å². The van der Waals surface area contributed by atoms with Crippen LogP contribution in [-0.4, -0.2) is 45.8 Å². The van der Waals surface area contributed by atoms with E-state index in [1.165, 1.54) is 6.07 Å². The maximum absolute atomic E-state index is 13.6. The minimum atomic E-state index is -4.45. The number of piperazine rings is 1. The number of halogens is 3. The van der Waals surface area contributed by atoms with Gasteiger partial charge >= 0.3 is 6.18 Å². The molecule has 3 aromatic rings. The Morgan fingerprint density at radius 3 is 2.51 bits per heavy atom. The van der Waals surface area contributed by atoms with E-state index < -0.39 is 17.7 Å². The molecule has 2 atom stereocenters. The molecule has 3 aromatic carbocycles. The Hall–Kier alpha value is -3.88. The number of anilines is 3. The first kappa shape index (κ1) is 24.8. The van der Waals surface area contributed by atoms with E-state index in [2.05, 4.69) is 15.1 Å². The Balaban J connectivity index is 1.50. The van der Waals surface area contributed by atoms with Crippen LogP contribution in [0.25, 0.3) is 0 Å². The van der Waals surface area contributed by atoms with E-state index in [-0.39, 0.29) is 18.4 Å². The molecular formula is C28H28F3N3O3. The van der Waals surface area contributed by atoms with Crippen molar-refractivity contribution in [3.8, 4) is 11.5 Å². The molecule has 0 bridgehead atoms. The zero-order valence-corrected chi connectivity index (χ0v) is 20.6. The number of carbonyl (C=O) groups excluding carboxylic acids is 1. The Morgan fingerprint density at radius 1 is 0.946 bits per heavy atom. The largest absolute Gasteiger partial charge is 0.497 e. The number of hydrogen-bond donors (Lipinski definition) is 1. The van der Waals surface area contributed by atoms with E-state index >= 15 is 0 Å². The quantitative estimate of drug-likeness (QED) is 0.509. The molecule has 0 saturated carbocycles. The summed E-state index contributed by atoms with van der Waals surface area (Å²) in [6.07, 6.45) is -4.25. The van der Waals surface area contributed by atoms with Crippen molar-refractivity contribution in [2.24, 2.45) is 5.92 Å². The molecule has 2 heterocycles. The fourth-order valence-electron chi connectivity index (χ4n) is 5.34. The summed E-state index contributed by atoms with van der Waals surface area (Å²) in [5, 5.41) is 2.96. The number of amides is 1. The number of benzene rings is 3. The summed E-state index contributed by atoms with van der Waals surface area (Å²) in [6, 6.07) is 18.3. The second-order valence-electron chi connectivity index (χ2n) is 9.25. The molecule has 5 rings (SSSR count). The van der Waals surface area contributed by atoms with Gasteiger partial charge in [0, 0.05) is 37.1 Å². The van der Waals surface area contributed by atoms with Gasteiger partial charge in [-0.3, -0.25) is 4.79 Å². The Bertz CT molecular complexity index is 1300. The van der Waals surface area contributed by atoms with Crippen molar-refractivity contribution in [1.82, 2.24) is 0 Å². The number of methoxy groups -OCH3 is 2. The van der Waals surface area contributed by atoms with Gasteiger partial charge in [-0.15, -0.1) is 0 Å². The summed E-state index contributed by atoms with van der Waals surface area (Å²) >= 11 is 0. The van der Waals surface area contributed by atoms with Crippen molar-refractivity contribution in [1.29, 1.82) is 0 Å². The van der Waals surface area contributed by atoms with E-state index in [9.17, 15) is 18.0 Å². The van der Waals surface area contributed by atoms with Crippen LogP contribution in [-0.2, 0) is 17.4 Å². The number of alkyl halides is 3. The zero-order valence-electron chi connectivity index (χ0n) is 20.6. The average Bonchev–Trinajstić information content (AvgIpc) is 2.91. The molecule has 2 aliphatic heterocycles. The number of fused-ring (bicyclic) bond motifs is 3. The summed E-state index contributed by atoms with van der Waals surface area (Å²) in [5.41, 5.74) is 2.08. The molecule has 1 N–H and O–H groups in total. The second-order valence-corrected chi connectivity index (χ2v) is 9.25. The maximum atomic E-state index is 13.6. The summed E-state index contributed by atoms with van der Waals surface area (Å²) in [7, 11) is 3.16. The van der Waals surface area contributed by atoms with Crippen LogP contribution in [0, 0.1) is 5.92 Å². The van der Waals surface area contributed by atoms with Gasteiger partial charge in [0.15, 0.2) is 0 Å². The van der Waals surface area contributed by atoms with Crippen molar-refractivity contribution in [3.63, 3.8) is 0 Å². The average molecular weight is 512 g/mol. The van der Waals surface area contributed by atoms with Crippen LogP contribution in [0.1, 0.15) is 11.1 Å². The molecule has 194 valence electrons. The lowest BCUT2D eigenvalue weighted by atomic mass is 9.82. The number of ether oxygens (including phenoxy) is 2. The van der Waals surface area contributed by atoms with Crippen molar-refractivity contribution in [3.05, 3.63) is 77.9 Å². The van der Waals surface area contributed by atoms with E-state index in [0.29, 0.717) is 36.6 Å². The van der Waals surface area contributed by atoms with Crippen LogP contribution in [0.15, 0.2) is 66.7 Å². The summed E-state index contributed by atoms with van der Waals surface area (Å²) < 4.78 is 51.3. The Kier molecular flexibility index (Phi) is 6.62. The maximum Gasteiger partial charge on any atom is 0.416 e. The van der Waals surface area contributed by atoms with E-state index in [4.69, 9.17) is 9.47 Å². The van der Waals surface area contributed by atoms with Gasteiger partial charge in [0.25, 0.3) is 0 Å². The van der Waals surface area contributed by atoms with Gasteiger partial charge in [0.1, 0.15) is 11.5 Å². The first-order valence-corrected chi connectivity index (χ1v) is 12.1.